The Morgan fingerprint density at radius 1 is 1.64 bits per heavy atom. The molecule has 1 aromatic carbocycles. The highest BCUT2D eigenvalue weighted by atomic mass is 19.1. The van der Waals surface area contributed by atoms with Crippen LogP contribution in [0.3, 0.4) is 0 Å². The normalized spacial score (nSPS) is 9.21. The number of hydrogen-bond donors (Lipinski definition) is 1. The molecule has 1 aromatic rings. The minimum Gasteiger partial charge on any atom is -0.465 e. The molecule has 0 aliphatic carbocycles. The maximum Gasteiger partial charge on any atom is 0.340 e. The molecule has 0 bridgehead atoms. The summed E-state index contributed by atoms with van der Waals surface area (Å²) in [5.41, 5.74) is 5.17. The molecule has 0 fully saturated rings. The summed E-state index contributed by atoms with van der Waals surface area (Å²) in [6.07, 6.45) is 0. The van der Waals surface area contributed by atoms with Gasteiger partial charge >= 0.3 is 5.97 Å². The van der Waals surface area contributed by atoms with Crippen molar-refractivity contribution in [3.8, 4) is 6.07 Å². The topological polar surface area (TPSA) is 76.1 Å². The minimum absolute atomic E-state index is 0.0230. The lowest BCUT2D eigenvalue weighted by Crippen LogP contribution is -2.07. The number of benzene rings is 1. The molecule has 2 N–H and O–H groups in total. The van der Waals surface area contributed by atoms with Gasteiger partial charge < -0.3 is 10.5 Å². The van der Waals surface area contributed by atoms with E-state index in [4.69, 9.17) is 11.0 Å². The van der Waals surface area contributed by atoms with E-state index in [0.29, 0.717) is 0 Å². The van der Waals surface area contributed by atoms with Crippen LogP contribution in [0.5, 0.6) is 0 Å². The average Bonchev–Trinajstić information content (AvgIpc) is 2.19. The molecule has 0 aromatic heterocycles. The van der Waals surface area contributed by atoms with Gasteiger partial charge in [-0.05, 0) is 12.1 Å². The molecule has 0 spiro atoms. The Bertz CT molecular complexity index is 424. The first kappa shape index (κ1) is 9.99. The Balaban J connectivity index is 3.30. The second kappa shape index (κ2) is 3.75. The van der Waals surface area contributed by atoms with Crippen LogP contribution in [0.25, 0.3) is 0 Å². The van der Waals surface area contributed by atoms with E-state index in [0.717, 1.165) is 19.2 Å². The number of esters is 1. The van der Waals surface area contributed by atoms with E-state index in [1.807, 2.05) is 0 Å². The van der Waals surface area contributed by atoms with Crippen LogP contribution in [0.15, 0.2) is 12.1 Å². The van der Waals surface area contributed by atoms with E-state index in [9.17, 15) is 9.18 Å². The van der Waals surface area contributed by atoms with Gasteiger partial charge in [0.1, 0.15) is 11.9 Å². The lowest BCUT2D eigenvalue weighted by molar-refractivity contribution is 0.0601. The first-order chi connectivity index (χ1) is 6.60. The molecule has 0 atom stereocenters. The van der Waals surface area contributed by atoms with Gasteiger partial charge in [-0.1, -0.05) is 0 Å². The molecule has 14 heavy (non-hydrogen) atoms. The number of carbonyl (C=O) groups is 1. The first-order valence-corrected chi connectivity index (χ1v) is 3.67. The number of carbonyl (C=O) groups excluding carboxylic acids is 1. The number of methoxy groups -OCH3 is 1. The van der Waals surface area contributed by atoms with Crippen LogP contribution in [0, 0.1) is 17.1 Å². The van der Waals surface area contributed by atoms with Gasteiger partial charge in [0.2, 0.25) is 0 Å². The van der Waals surface area contributed by atoms with Gasteiger partial charge in [0.15, 0.2) is 0 Å². The summed E-state index contributed by atoms with van der Waals surface area (Å²) >= 11 is 0. The number of halogens is 1. The third-order valence-electron chi connectivity index (χ3n) is 1.66. The quantitative estimate of drug-likeness (QED) is 0.535. The molecule has 0 saturated heterocycles. The van der Waals surface area contributed by atoms with Gasteiger partial charge in [0.05, 0.1) is 18.2 Å². The van der Waals surface area contributed by atoms with Crippen molar-refractivity contribution >= 4 is 11.7 Å². The van der Waals surface area contributed by atoms with Crippen LogP contribution < -0.4 is 5.73 Å². The highest BCUT2D eigenvalue weighted by molar-refractivity contribution is 5.95. The first-order valence-electron chi connectivity index (χ1n) is 3.67. The largest absolute Gasteiger partial charge is 0.465 e. The maximum atomic E-state index is 13.0. The Hall–Kier alpha value is -2.09. The number of nitrogens with two attached hydrogens (primary N) is 1. The van der Waals surface area contributed by atoms with Gasteiger partial charge in [-0.25, -0.2) is 9.18 Å². The van der Waals surface area contributed by atoms with Crippen LogP contribution in [-0.2, 0) is 4.74 Å². The van der Waals surface area contributed by atoms with Gasteiger partial charge in [-0.15, -0.1) is 0 Å². The zero-order valence-corrected chi connectivity index (χ0v) is 7.37. The van der Waals surface area contributed by atoms with Crippen molar-refractivity contribution in [2.24, 2.45) is 0 Å². The van der Waals surface area contributed by atoms with E-state index in [1.54, 1.807) is 6.07 Å². The SMILES string of the molecule is COC(=O)c1cc(F)c(C#N)cc1N. The predicted octanol–water partition coefficient (Wildman–Crippen LogP) is 1.07. The Labute approximate surface area is 79.7 Å². The molecule has 0 aliphatic heterocycles. The van der Waals surface area contributed by atoms with Gasteiger partial charge in [-0.2, -0.15) is 5.26 Å². The molecular formula is C9H7FN2O2. The van der Waals surface area contributed by atoms with Crippen molar-refractivity contribution in [1.82, 2.24) is 0 Å². The molecule has 0 unspecified atom stereocenters. The highest BCUT2D eigenvalue weighted by Gasteiger charge is 2.13. The van der Waals surface area contributed by atoms with Crippen LogP contribution in [0.2, 0.25) is 0 Å². The third-order valence-corrected chi connectivity index (χ3v) is 1.66. The summed E-state index contributed by atoms with van der Waals surface area (Å²) in [5, 5.41) is 8.47. The Morgan fingerprint density at radius 2 is 2.29 bits per heavy atom. The fourth-order valence-electron chi connectivity index (χ4n) is 0.962. The zero-order chi connectivity index (χ0) is 10.7. The van der Waals surface area contributed by atoms with Crippen LogP contribution in [0.1, 0.15) is 15.9 Å². The molecule has 0 saturated carbocycles. The lowest BCUT2D eigenvalue weighted by Gasteiger charge is -2.04. The van der Waals surface area contributed by atoms with Crippen molar-refractivity contribution in [2.75, 3.05) is 12.8 Å². The van der Waals surface area contributed by atoms with E-state index in [2.05, 4.69) is 4.74 Å². The molecule has 5 heteroatoms. The Morgan fingerprint density at radius 3 is 2.79 bits per heavy atom. The van der Waals surface area contributed by atoms with Crippen molar-refractivity contribution in [3.63, 3.8) is 0 Å². The molecule has 0 amide bonds. The van der Waals surface area contributed by atoms with Crippen molar-refractivity contribution in [2.45, 2.75) is 0 Å². The number of anilines is 1. The monoisotopic (exact) mass is 194 g/mol. The standard InChI is InChI=1S/C9H7FN2O2/c1-14-9(13)6-3-7(10)5(4-11)2-8(6)12/h2-3H,12H2,1H3. The van der Waals surface area contributed by atoms with E-state index < -0.39 is 11.8 Å². The Kier molecular flexibility index (Phi) is 2.67. The summed E-state index contributed by atoms with van der Waals surface area (Å²) in [6, 6.07) is 3.60. The lowest BCUT2D eigenvalue weighted by atomic mass is 10.1. The molecule has 72 valence electrons. The van der Waals surface area contributed by atoms with Crippen molar-refractivity contribution < 1.29 is 13.9 Å². The second-order valence-electron chi connectivity index (χ2n) is 2.52. The summed E-state index contributed by atoms with van der Waals surface area (Å²) in [4.78, 5) is 11.0. The molecule has 0 radical (unpaired) electrons. The van der Waals surface area contributed by atoms with Crippen molar-refractivity contribution in [1.29, 1.82) is 5.26 Å². The molecule has 4 nitrogen and oxygen atoms in total. The number of nitriles is 1. The minimum atomic E-state index is -0.790. The number of nitrogen functional groups attached to an aromatic ring is 1. The molecule has 1 rings (SSSR count). The summed E-state index contributed by atoms with van der Waals surface area (Å²) in [7, 11) is 1.16. The third kappa shape index (κ3) is 1.64. The van der Waals surface area contributed by atoms with Crippen molar-refractivity contribution in [3.05, 3.63) is 29.1 Å². The van der Waals surface area contributed by atoms with Crippen LogP contribution >= 0.6 is 0 Å². The van der Waals surface area contributed by atoms with Crippen LogP contribution in [0.4, 0.5) is 10.1 Å². The number of hydrogen-bond acceptors (Lipinski definition) is 4. The summed E-state index contributed by atoms with van der Waals surface area (Å²) in [6.45, 7) is 0. The molecule has 0 aliphatic rings. The van der Waals surface area contributed by atoms with Gasteiger partial charge in [0.25, 0.3) is 0 Å². The number of nitrogens with zero attached hydrogens (tertiary/aromatic N) is 1. The number of rotatable bonds is 1. The fourth-order valence-corrected chi connectivity index (χ4v) is 0.962. The van der Waals surface area contributed by atoms with E-state index in [-0.39, 0.29) is 16.8 Å². The second-order valence-corrected chi connectivity index (χ2v) is 2.52. The molecular weight excluding hydrogens is 187 g/mol. The summed E-state index contributed by atoms with van der Waals surface area (Å²) in [5.74, 6) is -1.52. The maximum absolute atomic E-state index is 13.0. The van der Waals surface area contributed by atoms with E-state index in [1.165, 1.54) is 0 Å². The fraction of sp³-hybridized carbons (Fsp3) is 0.111. The summed E-state index contributed by atoms with van der Waals surface area (Å²) < 4.78 is 17.4. The van der Waals surface area contributed by atoms with Gasteiger partial charge in [-0.3, -0.25) is 0 Å². The smallest absolute Gasteiger partial charge is 0.340 e. The zero-order valence-electron chi connectivity index (χ0n) is 7.37. The predicted molar refractivity (Wildman–Crippen MR) is 46.9 cm³/mol. The number of ether oxygens (including phenoxy) is 1. The molecule has 0 heterocycles. The average molecular weight is 194 g/mol. The van der Waals surface area contributed by atoms with E-state index >= 15 is 0 Å². The highest BCUT2D eigenvalue weighted by Crippen LogP contribution is 2.18. The van der Waals surface area contributed by atoms with Crippen LogP contribution in [-0.4, -0.2) is 13.1 Å². The van der Waals surface area contributed by atoms with Gasteiger partial charge in [0, 0.05) is 5.69 Å².